The molecule has 1 aliphatic heterocycles. The molecule has 1 saturated heterocycles. The number of anilines is 1. The van der Waals surface area contributed by atoms with Crippen LogP contribution in [0.3, 0.4) is 0 Å². The molecule has 3 aromatic rings. The molecule has 0 bridgehead atoms. The Hall–Kier alpha value is -4.01. The lowest BCUT2D eigenvalue weighted by Gasteiger charge is -2.35. The SMILES string of the molecule is CCOc1cncc(C#Cc2ccccc2CN2CCN(c3ccc(C(=O)NS(C)(=O)=O)nn3)CC2)c1. The van der Waals surface area contributed by atoms with Gasteiger partial charge in [0.25, 0.3) is 5.91 Å². The van der Waals surface area contributed by atoms with E-state index in [0.717, 1.165) is 55.7 Å². The molecule has 1 aromatic carbocycles. The molecule has 0 aliphatic carbocycles. The van der Waals surface area contributed by atoms with E-state index in [2.05, 4.69) is 42.9 Å². The quantitative estimate of drug-likeness (QED) is 0.464. The maximum Gasteiger partial charge on any atom is 0.285 e. The summed E-state index contributed by atoms with van der Waals surface area (Å²) in [7, 11) is -3.66. The lowest BCUT2D eigenvalue weighted by Crippen LogP contribution is -2.46. The zero-order valence-corrected chi connectivity index (χ0v) is 21.5. The van der Waals surface area contributed by atoms with Crippen molar-refractivity contribution in [1.82, 2.24) is 24.8 Å². The van der Waals surface area contributed by atoms with Crippen molar-refractivity contribution in [2.75, 3.05) is 43.9 Å². The number of ether oxygens (including phenoxy) is 1. The van der Waals surface area contributed by atoms with Gasteiger partial charge in [0, 0.05) is 50.0 Å². The van der Waals surface area contributed by atoms with E-state index in [1.807, 2.05) is 35.9 Å². The first-order valence-electron chi connectivity index (χ1n) is 11.8. The summed E-state index contributed by atoms with van der Waals surface area (Å²) < 4.78 is 29.9. The van der Waals surface area contributed by atoms with Crippen molar-refractivity contribution in [3.05, 3.63) is 77.2 Å². The van der Waals surface area contributed by atoms with Crippen molar-refractivity contribution in [1.29, 1.82) is 0 Å². The van der Waals surface area contributed by atoms with Crippen molar-refractivity contribution in [3.8, 4) is 17.6 Å². The second-order valence-corrected chi connectivity index (χ2v) is 10.2. The molecule has 2 aromatic heterocycles. The van der Waals surface area contributed by atoms with Gasteiger partial charge >= 0.3 is 0 Å². The van der Waals surface area contributed by atoms with Crippen LogP contribution in [-0.4, -0.2) is 73.4 Å². The smallest absolute Gasteiger partial charge is 0.285 e. The molecule has 3 heterocycles. The third-order valence-electron chi connectivity index (χ3n) is 5.63. The Bertz CT molecular complexity index is 1410. The predicted octanol–water partition coefficient (Wildman–Crippen LogP) is 1.68. The van der Waals surface area contributed by atoms with E-state index in [-0.39, 0.29) is 5.69 Å². The van der Waals surface area contributed by atoms with E-state index in [9.17, 15) is 13.2 Å². The number of benzene rings is 1. The Kier molecular flexibility index (Phi) is 8.32. The minimum atomic E-state index is -3.66. The number of pyridine rings is 1. The molecule has 1 amide bonds. The lowest BCUT2D eigenvalue weighted by molar-refractivity contribution is 0.0976. The molecule has 1 fully saturated rings. The zero-order valence-electron chi connectivity index (χ0n) is 20.7. The first-order chi connectivity index (χ1) is 17.8. The normalized spacial score (nSPS) is 13.9. The molecule has 4 rings (SSSR count). The van der Waals surface area contributed by atoms with E-state index in [1.165, 1.54) is 6.07 Å². The van der Waals surface area contributed by atoms with Crippen molar-refractivity contribution in [2.24, 2.45) is 0 Å². The van der Waals surface area contributed by atoms with Gasteiger partial charge in [-0.25, -0.2) is 13.1 Å². The zero-order chi connectivity index (χ0) is 26.3. The monoisotopic (exact) mass is 520 g/mol. The largest absolute Gasteiger partial charge is 0.492 e. The number of carbonyl (C=O) groups is 1. The number of rotatable bonds is 7. The van der Waals surface area contributed by atoms with Gasteiger partial charge in [-0.1, -0.05) is 30.0 Å². The van der Waals surface area contributed by atoms with Gasteiger partial charge in [0.05, 0.1) is 19.1 Å². The van der Waals surface area contributed by atoms with Crippen LogP contribution in [0.25, 0.3) is 0 Å². The minimum Gasteiger partial charge on any atom is -0.492 e. The molecule has 0 atom stereocenters. The van der Waals surface area contributed by atoms with Crippen molar-refractivity contribution >= 4 is 21.7 Å². The first kappa shape index (κ1) is 26.1. The third kappa shape index (κ3) is 7.49. The van der Waals surface area contributed by atoms with Gasteiger partial charge in [-0.2, -0.15) is 0 Å². The topological polar surface area (TPSA) is 118 Å². The van der Waals surface area contributed by atoms with Crippen molar-refractivity contribution < 1.29 is 17.9 Å². The van der Waals surface area contributed by atoms with Crippen LogP contribution in [0.2, 0.25) is 0 Å². The van der Waals surface area contributed by atoms with Crippen LogP contribution < -0.4 is 14.4 Å². The predicted molar refractivity (Wildman–Crippen MR) is 140 cm³/mol. The molecule has 0 saturated carbocycles. The van der Waals surface area contributed by atoms with Crippen LogP contribution in [0.4, 0.5) is 5.82 Å². The number of hydrogen-bond acceptors (Lipinski definition) is 9. The summed E-state index contributed by atoms with van der Waals surface area (Å²) in [6.45, 7) is 6.41. The highest BCUT2D eigenvalue weighted by Gasteiger charge is 2.20. The third-order valence-corrected chi connectivity index (χ3v) is 6.19. The maximum absolute atomic E-state index is 11.9. The van der Waals surface area contributed by atoms with E-state index in [1.54, 1.807) is 18.5 Å². The van der Waals surface area contributed by atoms with Gasteiger partial charge in [0.2, 0.25) is 10.0 Å². The fourth-order valence-corrected chi connectivity index (χ4v) is 4.31. The van der Waals surface area contributed by atoms with Gasteiger partial charge in [-0.15, -0.1) is 10.2 Å². The number of hydrogen-bond donors (Lipinski definition) is 1. The average Bonchev–Trinajstić information content (AvgIpc) is 2.88. The molecule has 10 nitrogen and oxygen atoms in total. The highest BCUT2D eigenvalue weighted by atomic mass is 32.2. The summed E-state index contributed by atoms with van der Waals surface area (Å²) in [5, 5.41) is 8.01. The summed E-state index contributed by atoms with van der Waals surface area (Å²) in [5.41, 5.74) is 2.88. The summed E-state index contributed by atoms with van der Waals surface area (Å²) in [6.07, 6.45) is 4.32. The van der Waals surface area contributed by atoms with Crippen LogP contribution in [0.15, 0.2) is 54.9 Å². The standard InChI is InChI=1S/C26H28N6O4S/c1-3-36-23-16-20(17-27-18-23)8-9-21-6-4-5-7-22(21)19-31-12-14-32(15-13-31)25-11-10-24(28-29-25)26(33)30-37(2,34)35/h4-7,10-11,16-18H,3,12-15,19H2,1-2H3,(H,30,33). The Morgan fingerprint density at radius 2 is 1.84 bits per heavy atom. The number of sulfonamides is 1. The summed E-state index contributed by atoms with van der Waals surface area (Å²) >= 11 is 0. The molecule has 37 heavy (non-hydrogen) atoms. The number of nitrogens with zero attached hydrogens (tertiary/aromatic N) is 5. The molecule has 1 N–H and O–H groups in total. The second-order valence-electron chi connectivity index (χ2n) is 8.49. The van der Waals surface area contributed by atoms with Crippen LogP contribution in [-0.2, 0) is 16.6 Å². The minimum absolute atomic E-state index is 0.0501. The van der Waals surface area contributed by atoms with Crippen LogP contribution in [0.1, 0.15) is 34.1 Å². The second kappa shape index (κ2) is 11.8. The summed E-state index contributed by atoms with van der Waals surface area (Å²) in [4.78, 5) is 20.6. The van der Waals surface area contributed by atoms with Crippen LogP contribution >= 0.6 is 0 Å². The number of aromatic nitrogens is 3. The van der Waals surface area contributed by atoms with Crippen molar-refractivity contribution in [3.63, 3.8) is 0 Å². The number of nitrogens with one attached hydrogen (secondary N) is 1. The van der Waals surface area contributed by atoms with Gasteiger partial charge in [0.1, 0.15) is 5.75 Å². The fraction of sp³-hybridized carbons (Fsp3) is 0.308. The Morgan fingerprint density at radius 3 is 2.54 bits per heavy atom. The first-order valence-corrected chi connectivity index (χ1v) is 13.7. The Labute approximate surface area is 216 Å². The van der Waals surface area contributed by atoms with Gasteiger partial charge < -0.3 is 9.64 Å². The number of piperazine rings is 1. The number of amides is 1. The molecular weight excluding hydrogens is 492 g/mol. The van der Waals surface area contributed by atoms with E-state index >= 15 is 0 Å². The van der Waals surface area contributed by atoms with E-state index in [0.29, 0.717) is 18.2 Å². The molecule has 192 valence electrons. The van der Waals surface area contributed by atoms with Gasteiger partial charge in [0.15, 0.2) is 11.5 Å². The van der Waals surface area contributed by atoms with Gasteiger partial charge in [-0.05, 0) is 36.8 Å². The van der Waals surface area contributed by atoms with E-state index < -0.39 is 15.9 Å². The van der Waals surface area contributed by atoms with E-state index in [4.69, 9.17) is 4.74 Å². The lowest BCUT2D eigenvalue weighted by atomic mass is 10.1. The summed E-state index contributed by atoms with van der Waals surface area (Å²) in [5.74, 6) is 7.02. The highest BCUT2D eigenvalue weighted by molar-refractivity contribution is 7.89. The van der Waals surface area contributed by atoms with Crippen LogP contribution in [0, 0.1) is 11.8 Å². The molecule has 11 heteroatoms. The molecule has 0 unspecified atom stereocenters. The molecule has 0 spiro atoms. The summed E-state index contributed by atoms with van der Waals surface area (Å²) in [6, 6.07) is 13.2. The van der Waals surface area contributed by atoms with Crippen molar-refractivity contribution in [2.45, 2.75) is 13.5 Å². The molecule has 0 radical (unpaired) electrons. The Morgan fingerprint density at radius 1 is 1.05 bits per heavy atom. The Balaban J connectivity index is 1.36. The van der Waals surface area contributed by atoms with Crippen LogP contribution in [0.5, 0.6) is 5.75 Å². The highest BCUT2D eigenvalue weighted by Crippen LogP contribution is 2.17. The molecule has 1 aliphatic rings. The fourth-order valence-electron chi connectivity index (χ4n) is 3.86. The van der Waals surface area contributed by atoms with Gasteiger partial charge in [-0.3, -0.25) is 14.7 Å². The molecular formula is C26H28N6O4S. The average molecular weight is 521 g/mol. The maximum atomic E-state index is 11.9. The number of carbonyl (C=O) groups excluding carboxylic acids is 1.